The van der Waals surface area contributed by atoms with Crippen LogP contribution in [0, 0.1) is 17.3 Å². The minimum absolute atomic E-state index is 0.0665. The lowest BCUT2D eigenvalue weighted by molar-refractivity contribution is -0.143. The molecule has 2 aliphatic rings. The molecule has 2 rings (SSSR count). The normalized spacial score (nSPS) is 21.5. The maximum absolute atomic E-state index is 13.0. The van der Waals surface area contributed by atoms with Gasteiger partial charge in [0.15, 0.2) is 0 Å². The fourth-order valence-corrected chi connectivity index (χ4v) is 5.48. The minimum atomic E-state index is -0.277. The molecule has 0 N–H and O–H groups in total. The lowest BCUT2D eigenvalue weighted by Crippen LogP contribution is -2.22. The van der Waals surface area contributed by atoms with Gasteiger partial charge in [0, 0.05) is 0 Å². The maximum atomic E-state index is 13.0. The first kappa shape index (κ1) is 25.9. The van der Waals surface area contributed by atoms with Crippen LogP contribution in [-0.2, 0) is 19.1 Å². The summed E-state index contributed by atoms with van der Waals surface area (Å²) in [4.78, 5) is 25.9. The molecule has 0 aromatic heterocycles. The van der Waals surface area contributed by atoms with Gasteiger partial charge in [0.05, 0.1) is 24.4 Å². The molecule has 31 heavy (non-hydrogen) atoms. The first-order chi connectivity index (χ1) is 14.9. The van der Waals surface area contributed by atoms with Gasteiger partial charge in [-0.15, -0.1) is 0 Å². The molecule has 2 aliphatic carbocycles. The van der Waals surface area contributed by atoms with Crippen molar-refractivity contribution in [3.8, 4) is 0 Å². The zero-order chi connectivity index (χ0) is 22.7. The number of ether oxygens (including phenoxy) is 2. The Balaban J connectivity index is 1.87. The summed E-state index contributed by atoms with van der Waals surface area (Å²) in [5.41, 5.74) is 1.18. The number of carbonyl (C=O) groups excluding carboxylic acids is 2. The first-order valence-corrected chi connectivity index (χ1v) is 13.0. The summed E-state index contributed by atoms with van der Waals surface area (Å²) < 4.78 is 11.3. The number of carbonyl (C=O) groups is 2. The molecule has 0 aliphatic heterocycles. The monoisotopic (exact) mass is 434 g/mol. The van der Waals surface area contributed by atoms with Crippen LogP contribution >= 0.6 is 0 Å². The predicted octanol–water partition coefficient (Wildman–Crippen LogP) is 7.16. The van der Waals surface area contributed by atoms with Gasteiger partial charge in [-0.1, -0.05) is 91.9 Å². The van der Waals surface area contributed by atoms with Crippen molar-refractivity contribution >= 4 is 11.9 Å². The van der Waals surface area contributed by atoms with Gasteiger partial charge < -0.3 is 9.47 Å². The summed E-state index contributed by atoms with van der Waals surface area (Å²) in [6.07, 6.45) is 15.8. The summed E-state index contributed by atoms with van der Waals surface area (Å²) in [6.45, 7) is 9.69. The second-order valence-corrected chi connectivity index (χ2v) is 10.1. The Labute approximate surface area is 190 Å². The quantitative estimate of drug-likeness (QED) is 0.191. The van der Waals surface area contributed by atoms with Gasteiger partial charge in [-0.05, 0) is 42.9 Å². The number of hydrogen-bond donors (Lipinski definition) is 0. The van der Waals surface area contributed by atoms with E-state index in [4.69, 9.17) is 9.47 Å². The number of fused-ring (bicyclic) bond motifs is 2. The van der Waals surface area contributed by atoms with Crippen LogP contribution in [0.3, 0.4) is 0 Å². The predicted molar refractivity (Wildman–Crippen MR) is 126 cm³/mol. The van der Waals surface area contributed by atoms with Crippen molar-refractivity contribution in [2.45, 2.75) is 118 Å². The van der Waals surface area contributed by atoms with Crippen molar-refractivity contribution in [1.82, 2.24) is 0 Å². The van der Waals surface area contributed by atoms with Crippen molar-refractivity contribution in [3.63, 3.8) is 0 Å². The van der Waals surface area contributed by atoms with Crippen LogP contribution in [0.5, 0.6) is 0 Å². The van der Waals surface area contributed by atoms with E-state index in [0.717, 1.165) is 38.5 Å². The van der Waals surface area contributed by atoms with E-state index in [1.54, 1.807) is 0 Å². The van der Waals surface area contributed by atoms with Gasteiger partial charge in [0.1, 0.15) is 0 Å². The molecule has 0 aromatic carbocycles. The van der Waals surface area contributed by atoms with Crippen molar-refractivity contribution in [2.24, 2.45) is 17.3 Å². The van der Waals surface area contributed by atoms with Crippen LogP contribution in [0.25, 0.3) is 0 Å². The van der Waals surface area contributed by atoms with Crippen LogP contribution < -0.4 is 0 Å². The zero-order valence-electron chi connectivity index (χ0n) is 20.6. The molecule has 1 fully saturated rings. The van der Waals surface area contributed by atoms with E-state index in [1.807, 2.05) is 0 Å². The Bertz CT molecular complexity index is 554. The highest BCUT2D eigenvalue weighted by Crippen LogP contribution is 2.60. The average Bonchev–Trinajstić information content (AvgIpc) is 3.17. The average molecular weight is 435 g/mol. The van der Waals surface area contributed by atoms with Crippen LogP contribution in [0.15, 0.2) is 11.1 Å². The summed E-state index contributed by atoms with van der Waals surface area (Å²) in [5.74, 6) is -0.321. The molecule has 178 valence electrons. The highest BCUT2D eigenvalue weighted by atomic mass is 16.5. The number of hydrogen-bond acceptors (Lipinski definition) is 4. The van der Waals surface area contributed by atoms with Crippen molar-refractivity contribution in [1.29, 1.82) is 0 Å². The van der Waals surface area contributed by atoms with Crippen LogP contribution in [0.4, 0.5) is 0 Å². The largest absolute Gasteiger partial charge is 0.462 e. The van der Waals surface area contributed by atoms with Crippen molar-refractivity contribution in [3.05, 3.63) is 11.1 Å². The third-order valence-corrected chi connectivity index (χ3v) is 7.43. The molecule has 0 heterocycles. The molecule has 0 spiro atoms. The molecule has 1 saturated carbocycles. The highest BCUT2D eigenvalue weighted by molar-refractivity contribution is 6.03. The standard InChI is InChI=1S/C27H46O4/c1-5-7-9-11-13-15-19-30-25(28)23-21-17-18-22(27(21,3)4)24(23)26(29)31-20-16-14-12-10-8-6-2/h21-22H,5-20H2,1-4H3. The molecule has 2 bridgehead atoms. The Morgan fingerprint density at radius 1 is 0.677 bits per heavy atom. The Morgan fingerprint density at radius 3 is 1.42 bits per heavy atom. The highest BCUT2D eigenvalue weighted by Gasteiger charge is 2.57. The Morgan fingerprint density at radius 2 is 1.03 bits per heavy atom. The molecule has 0 amide bonds. The van der Waals surface area contributed by atoms with Crippen molar-refractivity contribution in [2.75, 3.05) is 13.2 Å². The number of esters is 2. The lowest BCUT2D eigenvalue weighted by atomic mass is 9.79. The second kappa shape index (κ2) is 13.3. The van der Waals surface area contributed by atoms with E-state index in [2.05, 4.69) is 27.7 Å². The van der Waals surface area contributed by atoms with Gasteiger partial charge >= 0.3 is 11.9 Å². The SMILES string of the molecule is CCCCCCCCOC(=O)C1=C(C(=O)OCCCCCCCC)C2CCC1C2(C)C. The van der Waals surface area contributed by atoms with Crippen LogP contribution in [-0.4, -0.2) is 25.2 Å². The fourth-order valence-electron chi connectivity index (χ4n) is 5.48. The molecule has 0 saturated heterocycles. The van der Waals surface area contributed by atoms with E-state index in [1.165, 1.54) is 51.4 Å². The number of unbranched alkanes of at least 4 members (excludes halogenated alkanes) is 10. The Hall–Kier alpha value is -1.32. The van der Waals surface area contributed by atoms with Gasteiger partial charge in [-0.25, -0.2) is 9.59 Å². The maximum Gasteiger partial charge on any atom is 0.334 e. The molecular formula is C27H46O4. The van der Waals surface area contributed by atoms with Gasteiger partial charge in [0.25, 0.3) is 0 Å². The van der Waals surface area contributed by atoms with Gasteiger partial charge in [-0.3, -0.25) is 0 Å². The third-order valence-electron chi connectivity index (χ3n) is 7.43. The second-order valence-electron chi connectivity index (χ2n) is 10.1. The zero-order valence-corrected chi connectivity index (χ0v) is 20.6. The van der Waals surface area contributed by atoms with E-state index >= 15 is 0 Å². The molecule has 0 radical (unpaired) electrons. The van der Waals surface area contributed by atoms with E-state index in [0.29, 0.717) is 24.4 Å². The van der Waals surface area contributed by atoms with Gasteiger partial charge in [-0.2, -0.15) is 0 Å². The number of rotatable bonds is 16. The van der Waals surface area contributed by atoms with E-state index in [9.17, 15) is 9.59 Å². The summed E-state index contributed by atoms with van der Waals surface area (Å²) in [7, 11) is 0. The molecule has 2 unspecified atom stereocenters. The third kappa shape index (κ3) is 7.08. The van der Waals surface area contributed by atoms with Crippen LogP contribution in [0.2, 0.25) is 0 Å². The van der Waals surface area contributed by atoms with Crippen LogP contribution in [0.1, 0.15) is 118 Å². The topological polar surface area (TPSA) is 52.6 Å². The fraction of sp³-hybridized carbons (Fsp3) is 0.852. The lowest BCUT2D eigenvalue weighted by Gasteiger charge is -2.25. The van der Waals surface area contributed by atoms with E-state index < -0.39 is 0 Å². The first-order valence-electron chi connectivity index (χ1n) is 13.0. The van der Waals surface area contributed by atoms with Crippen molar-refractivity contribution < 1.29 is 19.1 Å². The molecule has 2 atom stereocenters. The smallest absolute Gasteiger partial charge is 0.334 e. The molecule has 0 aromatic rings. The summed E-state index contributed by atoms with van der Waals surface area (Å²) >= 11 is 0. The minimum Gasteiger partial charge on any atom is -0.462 e. The summed E-state index contributed by atoms with van der Waals surface area (Å²) in [6, 6.07) is 0. The molecule has 4 heteroatoms. The molecular weight excluding hydrogens is 388 g/mol. The summed E-state index contributed by atoms with van der Waals surface area (Å²) in [5, 5.41) is 0. The molecule has 4 nitrogen and oxygen atoms in total. The Kier molecular flexibility index (Phi) is 11.1. The van der Waals surface area contributed by atoms with E-state index in [-0.39, 0.29) is 29.2 Å². The van der Waals surface area contributed by atoms with Gasteiger partial charge in [0.2, 0.25) is 0 Å².